The number of rotatable bonds is 5. The second-order valence-electron chi connectivity index (χ2n) is 5.40. The quantitative estimate of drug-likeness (QED) is 0.740. The van der Waals surface area contributed by atoms with E-state index in [0.717, 1.165) is 5.56 Å². The van der Waals surface area contributed by atoms with Gasteiger partial charge in [-0.25, -0.2) is 0 Å². The van der Waals surface area contributed by atoms with Gasteiger partial charge in [0, 0.05) is 11.1 Å². The summed E-state index contributed by atoms with van der Waals surface area (Å²) >= 11 is 1.29. The molecule has 0 saturated heterocycles. The third-order valence-corrected chi connectivity index (χ3v) is 4.56. The van der Waals surface area contributed by atoms with E-state index in [-0.39, 0.29) is 12.7 Å². The lowest BCUT2D eigenvalue weighted by Crippen LogP contribution is -2.11. The number of nitrogens with one attached hydrogen (secondary N) is 1. The van der Waals surface area contributed by atoms with Gasteiger partial charge in [0.15, 0.2) is 11.5 Å². The number of anilines is 1. The van der Waals surface area contributed by atoms with Crippen LogP contribution in [0.2, 0.25) is 0 Å². The van der Waals surface area contributed by atoms with Crippen LogP contribution >= 0.6 is 11.3 Å². The fraction of sp³-hybridized carbons (Fsp3) is 0.167. The summed E-state index contributed by atoms with van der Waals surface area (Å²) in [7, 11) is 0. The zero-order chi connectivity index (χ0) is 17.9. The molecule has 1 N–H and O–H groups in total. The molecule has 0 atom stereocenters. The van der Waals surface area contributed by atoms with Crippen molar-refractivity contribution in [3.63, 3.8) is 0 Å². The molecular weight excluding hydrogens is 354 g/mol. The zero-order valence-electron chi connectivity index (χ0n) is 13.9. The van der Waals surface area contributed by atoms with Crippen LogP contribution in [0.1, 0.15) is 17.3 Å². The number of hydrogen-bond acceptors (Lipinski definition) is 7. The summed E-state index contributed by atoms with van der Waals surface area (Å²) in [5.74, 6) is 1.77. The van der Waals surface area contributed by atoms with Crippen molar-refractivity contribution in [1.82, 2.24) is 10.2 Å². The van der Waals surface area contributed by atoms with Crippen molar-refractivity contribution >= 4 is 22.4 Å². The van der Waals surface area contributed by atoms with Gasteiger partial charge in [-0.2, -0.15) is 0 Å². The summed E-state index contributed by atoms with van der Waals surface area (Å²) in [6.45, 7) is 2.66. The van der Waals surface area contributed by atoms with Crippen LogP contribution in [0.25, 0.3) is 10.6 Å². The molecule has 1 aliphatic heterocycles. The summed E-state index contributed by atoms with van der Waals surface area (Å²) in [6.07, 6.45) is 0. The van der Waals surface area contributed by atoms with Crippen LogP contribution in [0.15, 0.2) is 42.5 Å². The van der Waals surface area contributed by atoms with Crippen molar-refractivity contribution in [3.8, 4) is 27.8 Å². The lowest BCUT2D eigenvalue weighted by atomic mass is 10.2. The number of hydrogen-bond donors (Lipinski definition) is 1. The van der Waals surface area contributed by atoms with Gasteiger partial charge in [-0.15, -0.1) is 10.2 Å². The molecule has 0 spiro atoms. The molecule has 132 valence electrons. The summed E-state index contributed by atoms with van der Waals surface area (Å²) in [4.78, 5) is 12.4. The molecule has 0 aliphatic carbocycles. The van der Waals surface area contributed by atoms with Crippen LogP contribution in [-0.4, -0.2) is 29.5 Å². The first kappa shape index (κ1) is 16.3. The van der Waals surface area contributed by atoms with Gasteiger partial charge in [-0.05, 0) is 43.3 Å². The molecule has 8 heteroatoms. The van der Waals surface area contributed by atoms with Gasteiger partial charge in [-0.1, -0.05) is 17.4 Å². The fourth-order valence-electron chi connectivity index (χ4n) is 2.48. The summed E-state index contributed by atoms with van der Waals surface area (Å²) in [5.41, 5.74) is 1.35. The van der Waals surface area contributed by atoms with E-state index in [9.17, 15) is 4.79 Å². The minimum absolute atomic E-state index is 0.219. The van der Waals surface area contributed by atoms with Crippen molar-refractivity contribution in [2.45, 2.75) is 6.92 Å². The van der Waals surface area contributed by atoms with Crippen molar-refractivity contribution in [3.05, 3.63) is 48.0 Å². The monoisotopic (exact) mass is 369 g/mol. The van der Waals surface area contributed by atoms with Gasteiger partial charge < -0.3 is 14.2 Å². The maximum atomic E-state index is 12.4. The minimum Gasteiger partial charge on any atom is -0.494 e. The van der Waals surface area contributed by atoms with Crippen molar-refractivity contribution in [1.29, 1.82) is 0 Å². The van der Waals surface area contributed by atoms with Crippen LogP contribution in [0, 0.1) is 0 Å². The highest BCUT2D eigenvalue weighted by Crippen LogP contribution is 2.37. The molecular formula is C18H15N3O4S. The highest BCUT2D eigenvalue weighted by molar-refractivity contribution is 7.18. The van der Waals surface area contributed by atoms with Gasteiger partial charge in [0.25, 0.3) is 5.91 Å². The molecule has 7 nitrogen and oxygen atoms in total. The summed E-state index contributed by atoms with van der Waals surface area (Å²) in [5, 5.41) is 12.0. The first-order valence-corrected chi connectivity index (χ1v) is 8.82. The average Bonchev–Trinajstić information content (AvgIpc) is 3.30. The van der Waals surface area contributed by atoms with Crippen molar-refractivity contribution < 1.29 is 19.0 Å². The van der Waals surface area contributed by atoms with Gasteiger partial charge in [0.2, 0.25) is 11.9 Å². The van der Waals surface area contributed by atoms with Crippen LogP contribution in [0.5, 0.6) is 17.2 Å². The summed E-state index contributed by atoms with van der Waals surface area (Å²) in [6, 6.07) is 12.6. The highest BCUT2D eigenvalue weighted by atomic mass is 32.1. The Morgan fingerprint density at radius 1 is 1.19 bits per heavy atom. The Kier molecular flexibility index (Phi) is 4.40. The number of ether oxygens (including phenoxy) is 3. The Morgan fingerprint density at radius 2 is 2.08 bits per heavy atom. The van der Waals surface area contributed by atoms with Crippen LogP contribution in [0.3, 0.4) is 0 Å². The van der Waals surface area contributed by atoms with Crippen LogP contribution in [-0.2, 0) is 0 Å². The summed E-state index contributed by atoms with van der Waals surface area (Å²) < 4.78 is 16.1. The minimum atomic E-state index is -0.264. The van der Waals surface area contributed by atoms with Crippen molar-refractivity contribution in [2.24, 2.45) is 0 Å². The van der Waals surface area contributed by atoms with Gasteiger partial charge >= 0.3 is 0 Å². The Balaban J connectivity index is 1.50. The first-order chi connectivity index (χ1) is 12.7. The Bertz CT molecular complexity index is 957. The molecule has 0 bridgehead atoms. The van der Waals surface area contributed by atoms with E-state index in [1.54, 1.807) is 18.2 Å². The lowest BCUT2D eigenvalue weighted by Gasteiger charge is -2.05. The number of benzene rings is 2. The maximum Gasteiger partial charge on any atom is 0.257 e. The second kappa shape index (κ2) is 7.01. The Morgan fingerprint density at radius 3 is 2.96 bits per heavy atom. The molecule has 4 rings (SSSR count). The largest absolute Gasteiger partial charge is 0.494 e. The van der Waals surface area contributed by atoms with E-state index in [1.807, 2.05) is 31.2 Å². The molecule has 0 radical (unpaired) electrons. The predicted octanol–water partition coefficient (Wildman–Crippen LogP) is 3.58. The lowest BCUT2D eigenvalue weighted by molar-refractivity contribution is 0.102. The molecule has 0 unspecified atom stereocenters. The van der Waals surface area contributed by atoms with Crippen LogP contribution < -0.4 is 19.5 Å². The third kappa shape index (κ3) is 3.31. The van der Waals surface area contributed by atoms with E-state index in [4.69, 9.17) is 14.2 Å². The first-order valence-electron chi connectivity index (χ1n) is 8.00. The predicted molar refractivity (Wildman–Crippen MR) is 97.0 cm³/mol. The zero-order valence-corrected chi connectivity index (χ0v) is 14.7. The number of carbonyl (C=O) groups excluding carboxylic acids is 1. The van der Waals surface area contributed by atoms with Gasteiger partial charge in [-0.3, -0.25) is 10.1 Å². The molecule has 2 aromatic carbocycles. The third-order valence-electron chi connectivity index (χ3n) is 3.67. The van der Waals surface area contributed by atoms with Crippen LogP contribution in [0.4, 0.5) is 5.13 Å². The average molecular weight is 369 g/mol. The highest BCUT2D eigenvalue weighted by Gasteiger charge is 2.16. The van der Waals surface area contributed by atoms with E-state index >= 15 is 0 Å². The molecule has 1 aliphatic rings. The number of amides is 1. The molecule has 1 aromatic heterocycles. The van der Waals surface area contributed by atoms with E-state index < -0.39 is 0 Å². The molecule has 3 aromatic rings. The van der Waals surface area contributed by atoms with Gasteiger partial charge in [0.1, 0.15) is 10.8 Å². The fourth-order valence-corrected chi connectivity index (χ4v) is 3.22. The number of aromatic nitrogens is 2. The smallest absolute Gasteiger partial charge is 0.257 e. The standard InChI is InChI=1S/C18H15N3O4S/c1-2-23-13-5-3-4-11(8-13)16(22)19-18-21-20-17(26-18)12-6-7-14-15(9-12)25-10-24-14/h3-9H,2,10H2,1H3,(H,19,21,22). The molecule has 2 heterocycles. The number of carbonyl (C=O) groups is 1. The normalized spacial score (nSPS) is 12.0. The SMILES string of the molecule is CCOc1cccc(C(=O)Nc2nnc(-c3ccc4c(c3)OCO4)s2)c1. The molecule has 1 amide bonds. The topological polar surface area (TPSA) is 82.6 Å². The Hall–Kier alpha value is -3.13. The van der Waals surface area contributed by atoms with E-state index in [0.29, 0.717) is 39.6 Å². The van der Waals surface area contributed by atoms with E-state index in [2.05, 4.69) is 15.5 Å². The van der Waals surface area contributed by atoms with Crippen molar-refractivity contribution in [2.75, 3.05) is 18.7 Å². The number of nitrogens with zero attached hydrogens (tertiary/aromatic N) is 2. The Labute approximate surface area is 153 Å². The molecule has 0 saturated carbocycles. The molecule has 0 fully saturated rings. The van der Waals surface area contributed by atoms with Gasteiger partial charge in [0.05, 0.1) is 6.61 Å². The number of fused-ring (bicyclic) bond motifs is 1. The maximum absolute atomic E-state index is 12.4. The van der Waals surface area contributed by atoms with E-state index in [1.165, 1.54) is 11.3 Å². The molecule has 26 heavy (non-hydrogen) atoms. The second-order valence-corrected chi connectivity index (χ2v) is 6.37.